The van der Waals surface area contributed by atoms with Gasteiger partial charge in [0, 0.05) is 44.7 Å². The second-order valence-corrected chi connectivity index (χ2v) is 7.06. The number of primary amides is 1. The number of fused-ring (bicyclic) bond motifs is 1. The summed E-state index contributed by atoms with van der Waals surface area (Å²) in [5.74, 6) is 2.18. The molecular weight excluding hydrogens is 316 g/mol. The molecule has 0 unspecified atom stereocenters. The van der Waals surface area contributed by atoms with Crippen LogP contribution >= 0.6 is 0 Å². The summed E-state index contributed by atoms with van der Waals surface area (Å²) in [6, 6.07) is 7.86. The number of amides is 1. The van der Waals surface area contributed by atoms with Crippen molar-refractivity contribution in [3.05, 3.63) is 47.0 Å². The summed E-state index contributed by atoms with van der Waals surface area (Å²) in [6.45, 7) is 2.68. The van der Waals surface area contributed by atoms with Crippen molar-refractivity contribution in [1.29, 1.82) is 0 Å². The van der Waals surface area contributed by atoms with Crippen molar-refractivity contribution in [1.82, 2.24) is 14.5 Å². The lowest BCUT2D eigenvalue weighted by molar-refractivity contribution is -0.119. The number of rotatable bonds is 6. The van der Waals surface area contributed by atoms with E-state index >= 15 is 0 Å². The van der Waals surface area contributed by atoms with E-state index in [2.05, 4.69) is 22.6 Å². The quantitative estimate of drug-likeness (QED) is 0.869. The van der Waals surface area contributed by atoms with E-state index in [4.69, 9.17) is 15.5 Å². The van der Waals surface area contributed by atoms with E-state index in [-0.39, 0.29) is 6.61 Å². The van der Waals surface area contributed by atoms with Gasteiger partial charge in [-0.15, -0.1) is 0 Å². The molecule has 4 rings (SSSR count). The Labute approximate surface area is 147 Å². The molecular formula is C19H24N4O2. The van der Waals surface area contributed by atoms with E-state index in [1.165, 1.54) is 35.6 Å². The summed E-state index contributed by atoms with van der Waals surface area (Å²) in [5, 5.41) is 0. The van der Waals surface area contributed by atoms with E-state index in [1.807, 2.05) is 18.2 Å². The molecule has 0 saturated heterocycles. The average Bonchev–Trinajstić information content (AvgIpc) is 3.38. The smallest absolute Gasteiger partial charge is 0.255 e. The van der Waals surface area contributed by atoms with Gasteiger partial charge in [-0.05, 0) is 30.5 Å². The number of nitrogens with zero attached hydrogens (tertiary/aromatic N) is 3. The van der Waals surface area contributed by atoms with Crippen LogP contribution in [0.2, 0.25) is 0 Å². The first-order valence-electron chi connectivity index (χ1n) is 8.87. The highest BCUT2D eigenvalue weighted by molar-refractivity contribution is 5.75. The van der Waals surface area contributed by atoms with Crippen LogP contribution in [0.3, 0.4) is 0 Å². The molecule has 0 bridgehead atoms. The predicted molar refractivity (Wildman–Crippen MR) is 94.1 cm³/mol. The molecule has 6 heteroatoms. The minimum Gasteiger partial charge on any atom is -0.484 e. The highest BCUT2D eigenvalue weighted by Crippen LogP contribution is 2.40. The third-order valence-electron chi connectivity index (χ3n) is 5.00. The average molecular weight is 340 g/mol. The Hall–Kier alpha value is -2.34. The predicted octanol–water partition coefficient (Wildman–Crippen LogP) is 1.72. The number of benzene rings is 1. The van der Waals surface area contributed by atoms with Crippen LogP contribution in [0.15, 0.2) is 24.3 Å². The van der Waals surface area contributed by atoms with E-state index in [0.29, 0.717) is 11.7 Å². The van der Waals surface area contributed by atoms with Crippen molar-refractivity contribution in [2.75, 3.05) is 13.2 Å². The van der Waals surface area contributed by atoms with Crippen molar-refractivity contribution >= 4 is 5.91 Å². The molecule has 1 aliphatic carbocycles. The van der Waals surface area contributed by atoms with Gasteiger partial charge in [-0.1, -0.05) is 12.1 Å². The van der Waals surface area contributed by atoms with E-state index in [0.717, 1.165) is 26.1 Å². The first kappa shape index (κ1) is 16.1. The Balaban J connectivity index is 1.43. The maximum Gasteiger partial charge on any atom is 0.255 e. The van der Waals surface area contributed by atoms with Crippen molar-refractivity contribution in [2.45, 2.75) is 38.3 Å². The second-order valence-electron chi connectivity index (χ2n) is 7.06. The standard InChI is InChI=1S/C19H24N4O2/c1-22-17-7-8-23(11-16(17)21-19(22)14-5-6-14)10-13-3-2-4-15(9-13)25-12-18(20)24/h2-4,9,14H,5-8,10-12H2,1H3,(H2,20,24). The Morgan fingerprint density at radius 1 is 1.40 bits per heavy atom. The Bertz CT molecular complexity index is 795. The summed E-state index contributed by atoms with van der Waals surface area (Å²) >= 11 is 0. The second kappa shape index (κ2) is 6.52. The lowest BCUT2D eigenvalue weighted by Crippen LogP contribution is -2.30. The third kappa shape index (κ3) is 3.54. The molecule has 132 valence electrons. The number of carbonyl (C=O) groups excluding carboxylic acids is 1. The molecule has 0 radical (unpaired) electrons. The fourth-order valence-corrected chi connectivity index (χ4v) is 3.59. The molecule has 1 fully saturated rings. The Kier molecular flexibility index (Phi) is 4.21. The zero-order valence-corrected chi connectivity index (χ0v) is 14.6. The summed E-state index contributed by atoms with van der Waals surface area (Å²) in [5.41, 5.74) is 8.93. The normalized spacial score (nSPS) is 17.3. The van der Waals surface area contributed by atoms with Gasteiger partial charge in [-0.2, -0.15) is 0 Å². The van der Waals surface area contributed by atoms with Crippen LogP contribution in [-0.4, -0.2) is 33.5 Å². The van der Waals surface area contributed by atoms with Crippen LogP contribution in [0.1, 0.15) is 41.5 Å². The summed E-state index contributed by atoms with van der Waals surface area (Å²) in [6.07, 6.45) is 3.61. The topological polar surface area (TPSA) is 73.4 Å². The van der Waals surface area contributed by atoms with Gasteiger partial charge >= 0.3 is 0 Å². The fraction of sp³-hybridized carbons (Fsp3) is 0.474. The molecule has 2 aliphatic rings. The van der Waals surface area contributed by atoms with Crippen molar-refractivity contribution in [3.8, 4) is 5.75 Å². The highest BCUT2D eigenvalue weighted by atomic mass is 16.5. The van der Waals surface area contributed by atoms with E-state index in [1.54, 1.807) is 0 Å². The van der Waals surface area contributed by atoms with Gasteiger partial charge in [0.1, 0.15) is 11.6 Å². The molecule has 1 saturated carbocycles. The number of aromatic nitrogens is 2. The minimum atomic E-state index is -0.462. The van der Waals surface area contributed by atoms with Gasteiger partial charge in [-0.3, -0.25) is 9.69 Å². The number of hydrogen-bond donors (Lipinski definition) is 1. The van der Waals surface area contributed by atoms with Gasteiger partial charge in [0.2, 0.25) is 0 Å². The molecule has 1 aromatic carbocycles. The molecule has 1 aliphatic heterocycles. The van der Waals surface area contributed by atoms with Crippen LogP contribution < -0.4 is 10.5 Å². The number of carbonyl (C=O) groups is 1. The number of imidazole rings is 1. The van der Waals surface area contributed by atoms with Crippen LogP contribution in [0, 0.1) is 0 Å². The molecule has 6 nitrogen and oxygen atoms in total. The van der Waals surface area contributed by atoms with Crippen LogP contribution in [0.4, 0.5) is 0 Å². The van der Waals surface area contributed by atoms with E-state index in [9.17, 15) is 4.79 Å². The van der Waals surface area contributed by atoms with Gasteiger partial charge in [0.25, 0.3) is 5.91 Å². The summed E-state index contributed by atoms with van der Waals surface area (Å²) in [7, 11) is 2.16. The first-order chi connectivity index (χ1) is 12.1. The Morgan fingerprint density at radius 2 is 2.24 bits per heavy atom. The third-order valence-corrected chi connectivity index (χ3v) is 5.00. The largest absolute Gasteiger partial charge is 0.484 e. The molecule has 1 aromatic heterocycles. The van der Waals surface area contributed by atoms with Gasteiger partial charge in [0.05, 0.1) is 5.69 Å². The molecule has 1 amide bonds. The lowest BCUT2D eigenvalue weighted by atomic mass is 10.1. The van der Waals surface area contributed by atoms with E-state index < -0.39 is 5.91 Å². The van der Waals surface area contributed by atoms with Crippen molar-refractivity contribution < 1.29 is 9.53 Å². The molecule has 0 atom stereocenters. The maximum atomic E-state index is 10.9. The molecule has 0 spiro atoms. The van der Waals surface area contributed by atoms with Gasteiger partial charge < -0.3 is 15.0 Å². The summed E-state index contributed by atoms with van der Waals surface area (Å²) < 4.78 is 7.72. The number of nitrogens with two attached hydrogens (primary N) is 1. The maximum absolute atomic E-state index is 10.9. The fourth-order valence-electron chi connectivity index (χ4n) is 3.59. The zero-order valence-electron chi connectivity index (χ0n) is 14.6. The summed E-state index contributed by atoms with van der Waals surface area (Å²) in [4.78, 5) is 18.2. The molecule has 2 heterocycles. The first-order valence-corrected chi connectivity index (χ1v) is 8.87. The van der Waals surface area contributed by atoms with Crippen LogP contribution in [-0.2, 0) is 31.4 Å². The van der Waals surface area contributed by atoms with Crippen molar-refractivity contribution in [3.63, 3.8) is 0 Å². The Morgan fingerprint density at radius 3 is 3.00 bits per heavy atom. The van der Waals surface area contributed by atoms with Crippen LogP contribution in [0.25, 0.3) is 0 Å². The minimum absolute atomic E-state index is 0.0889. The molecule has 2 N–H and O–H groups in total. The van der Waals surface area contributed by atoms with Crippen LogP contribution in [0.5, 0.6) is 5.75 Å². The molecule has 2 aromatic rings. The highest BCUT2D eigenvalue weighted by Gasteiger charge is 2.31. The van der Waals surface area contributed by atoms with Gasteiger partial charge in [0.15, 0.2) is 6.61 Å². The monoisotopic (exact) mass is 340 g/mol. The van der Waals surface area contributed by atoms with Crippen molar-refractivity contribution in [2.24, 2.45) is 12.8 Å². The lowest BCUT2D eigenvalue weighted by Gasteiger charge is -2.26. The zero-order chi connectivity index (χ0) is 17.4. The number of hydrogen-bond acceptors (Lipinski definition) is 4. The molecule has 25 heavy (non-hydrogen) atoms. The SMILES string of the molecule is Cn1c(C2CC2)nc2c1CCN(Cc1cccc(OCC(N)=O)c1)C2. The number of ether oxygens (including phenoxy) is 1. The van der Waals surface area contributed by atoms with Gasteiger partial charge in [-0.25, -0.2) is 4.98 Å².